The minimum absolute atomic E-state index is 0.0429. The Labute approximate surface area is 171 Å². The standard InChI is InChI=1S/C24H28O3S/c1-23-25-20(22(27-23)18-11-5-2-6-12-18)17-21(26-23)24(15-9-4-10-16-24)28-19-13-7-3-8-14-19/h2-3,5-8,11-14,20-22H,4,9-10,15-17H2,1H3/t20?,21-,22-,23?/m0/s1. The predicted molar refractivity (Wildman–Crippen MR) is 111 cm³/mol. The molecule has 0 N–H and O–H groups in total. The maximum Gasteiger partial charge on any atom is 0.281 e. The quantitative estimate of drug-likeness (QED) is 0.624. The normalized spacial score (nSPS) is 34.2. The summed E-state index contributed by atoms with van der Waals surface area (Å²) in [6.45, 7) is 1.94. The highest BCUT2D eigenvalue weighted by Gasteiger charge is 2.57. The largest absolute Gasteiger partial charge is 0.323 e. The van der Waals surface area contributed by atoms with E-state index < -0.39 is 5.97 Å². The van der Waals surface area contributed by atoms with Crippen molar-refractivity contribution >= 4 is 11.8 Å². The molecule has 148 valence electrons. The molecule has 0 aromatic heterocycles. The van der Waals surface area contributed by atoms with Crippen LogP contribution in [0.2, 0.25) is 0 Å². The second-order valence-electron chi connectivity index (χ2n) is 8.35. The van der Waals surface area contributed by atoms with E-state index >= 15 is 0 Å². The van der Waals surface area contributed by atoms with Gasteiger partial charge in [-0.15, -0.1) is 11.8 Å². The van der Waals surface area contributed by atoms with Crippen molar-refractivity contribution in [3.05, 3.63) is 66.2 Å². The molecule has 3 nitrogen and oxygen atoms in total. The van der Waals surface area contributed by atoms with E-state index in [2.05, 4.69) is 54.6 Å². The van der Waals surface area contributed by atoms with Crippen LogP contribution in [0.3, 0.4) is 0 Å². The third kappa shape index (κ3) is 3.52. The van der Waals surface area contributed by atoms with Crippen LogP contribution in [0.4, 0.5) is 0 Å². The Morgan fingerprint density at radius 1 is 0.821 bits per heavy atom. The lowest BCUT2D eigenvalue weighted by molar-refractivity contribution is -0.369. The van der Waals surface area contributed by atoms with E-state index in [-0.39, 0.29) is 23.1 Å². The third-order valence-electron chi connectivity index (χ3n) is 6.33. The average molecular weight is 397 g/mol. The molecule has 2 heterocycles. The van der Waals surface area contributed by atoms with Gasteiger partial charge in [-0.3, -0.25) is 0 Å². The number of hydrogen-bond acceptors (Lipinski definition) is 4. The lowest BCUT2D eigenvalue weighted by Crippen LogP contribution is -2.52. The first-order valence-electron chi connectivity index (χ1n) is 10.5. The summed E-state index contributed by atoms with van der Waals surface area (Å²) in [4.78, 5) is 1.33. The van der Waals surface area contributed by atoms with Crippen LogP contribution in [0.5, 0.6) is 0 Å². The van der Waals surface area contributed by atoms with Crippen molar-refractivity contribution in [2.45, 2.75) is 79.4 Å². The SMILES string of the molecule is CC12OC(C[C@@H](C3(Sc4ccccc4)CCCCC3)O1)[C@H](c1ccccc1)O2. The number of rotatable bonds is 4. The number of fused-ring (bicyclic) bond motifs is 2. The fraction of sp³-hybridized carbons (Fsp3) is 0.500. The van der Waals surface area contributed by atoms with Crippen LogP contribution < -0.4 is 0 Å². The molecule has 4 heteroatoms. The fourth-order valence-corrected chi connectivity index (χ4v) is 6.56. The first-order chi connectivity index (χ1) is 13.7. The summed E-state index contributed by atoms with van der Waals surface area (Å²) >= 11 is 2.01. The van der Waals surface area contributed by atoms with Crippen molar-refractivity contribution in [3.8, 4) is 0 Å². The van der Waals surface area contributed by atoms with Crippen LogP contribution in [-0.2, 0) is 14.2 Å². The van der Waals surface area contributed by atoms with Crippen molar-refractivity contribution in [1.29, 1.82) is 0 Å². The summed E-state index contributed by atoms with van der Waals surface area (Å²) < 4.78 is 19.2. The summed E-state index contributed by atoms with van der Waals surface area (Å²) in [6.07, 6.45) is 7.25. The fourth-order valence-electron chi connectivity index (χ4n) is 5.03. The first kappa shape index (κ1) is 18.7. The van der Waals surface area contributed by atoms with E-state index in [4.69, 9.17) is 14.2 Å². The lowest BCUT2D eigenvalue weighted by Gasteiger charge is -2.47. The minimum atomic E-state index is -0.949. The summed E-state index contributed by atoms with van der Waals surface area (Å²) in [7, 11) is 0. The number of hydrogen-bond donors (Lipinski definition) is 0. The second-order valence-corrected chi connectivity index (χ2v) is 9.84. The third-order valence-corrected chi connectivity index (χ3v) is 7.91. The number of ether oxygens (including phenoxy) is 3. The summed E-state index contributed by atoms with van der Waals surface area (Å²) in [5, 5.41) is 0. The van der Waals surface area contributed by atoms with Gasteiger partial charge in [0.05, 0.1) is 12.2 Å². The number of thioether (sulfide) groups is 1. The summed E-state index contributed by atoms with van der Waals surface area (Å²) in [6, 6.07) is 21.2. The Balaban J connectivity index is 1.43. The molecule has 2 saturated heterocycles. The Morgan fingerprint density at radius 2 is 1.50 bits per heavy atom. The molecule has 1 aliphatic carbocycles. The molecule has 28 heavy (non-hydrogen) atoms. The smallest absolute Gasteiger partial charge is 0.281 e. The van der Waals surface area contributed by atoms with Crippen molar-refractivity contribution in [3.63, 3.8) is 0 Å². The molecule has 1 saturated carbocycles. The molecule has 2 aromatic rings. The molecular weight excluding hydrogens is 368 g/mol. The highest BCUT2D eigenvalue weighted by molar-refractivity contribution is 8.00. The van der Waals surface area contributed by atoms with Gasteiger partial charge in [-0.2, -0.15) is 0 Å². The summed E-state index contributed by atoms with van der Waals surface area (Å²) in [5.74, 6) is -0.949. The Morgan fingerprint density at radius 3 is 2.21 bits per heavy atom. The van der Waals surface area contributed by atoms with E-state index in [1.165, 1.54) is 42.6 Å². The van der Waals surface area contributed by atoms with Crippen LogP contribution in [0, 0.1) is 0 Å². The van der Waals surface area contributed by atoms with Crippen molar-refractivity contribution in [2.24, 2.45) is 0 Å². The lowest BCUT2D eigenvalue weighted by atomic mass is 9.81. The van der Waals surface area contributed by atoms with Gasteiger partial charge in [-0.1, -0.05) is 67.8 Å². The van der Waals surface area contributed by atoms with Gasteiger partial charge in [0, 0.05) is 23.0 Å². The van der Waals surface area contributed by atoms with Gasteiger partial charge in [0.2, 0.25) is 0 Å². The molecule has 2 aliphatic heterocycles. The highest BCUT2D eigenvalue weighted by Crippen LogP contribution is 2.54. The maximum atomic E-state index is 6.57. The van der Waals surface area contributed by atoms with Gasteiger partial charge in [-0.25, -0.2) is 0 Å². The maximum absolute atomic E-state index is 6.57. The number of benzene rings is 2. The first-order valence-corrected chi connectivity index (χ1v) is 11.3. The summed E-state index contributed by atoms with van der Waals surface area (Å²) in [5.41, 5.74) is 1.17. The molecule has 0 amide bonds. The minimum Gasteiger partial charge on any atom is -0.323 e. The molecule has 3 aliphatic rings. The molecule has 2 unspecified atom stereocenters. The average Bonchev–Trinajstić information content (AvgIpc) is 2.98. The zero-order valence-electron chi connectivity index (χ0n) is 16.4. The van der Waals surface area contributed by atoms with Crippen LogP contribution in [0.1, 0.15) is 57.1 Å². The Bertz CT molecular complexity index is 790. The monoisotopic (exact) mass is 396 g/mol. The van der Waals surface area contributed by atoms with E-state index in [0.29, 0.717) is 0 Å². The van der Waals surface area contributed by atoms with Gasteiger partial charge < -0.3 is 14.2 Å². The zero-order valence-corrected chi connectivity index (χ0v) is 17.2. The molecule has 0 radical (unpaired) electrons. The van der Waals surface area contributed by atoms with E-state index in [1.54, 1.807) is 0 Å². The van der Waals surface area contributed by atoms with Crippen LogP contribution in [-0.4, -0.2) is 22.9 Å². The van der Waals surface area contributed by atoms with Crippen molar-refractivity contribution in [1.82, 2.24) is 0 Å². The van der Waals surface area contributed by atoms with Gasteiger partial charge in [-0.05, 0) is 30.5 Å². The van der Waals surface area contributed by atoms with E-state index in [9.17, 15) is 0 Å². The molecular formula is C24H28O3S. The van der Waals surface area contributed by atoms with Crippen molar-refractivity contribution < 1.29 is 14.2 Å². The van der Waals surface area contributed by atoms with Crippen molar-refractivity contribution in [2.75, 3.05) is 0 Å². The van der Waals surface area contributed by atoms with Gasteiger partial charge >= 0.3 is 0 Å². The molecule has 0 spiro atoms. The molecule has 2 aromatic carbocycles. The topological polar surface area (TPSA) is 27.7 Å². The Hall–Kier alpha value is -1.33. The molecule has 5 rings (SSSR count). The zero-order chi connectivity index (χ0) is 19.0. The second kappa shape index (κ2) is 7.49. The molecule has 3 fully saturated rings. The van der Waals surface area contributed by atoms with Gasteiger partial charge in [0.25, 0.3) is 5.97 Å². The predicted octanol–water partition coefficient (Wildman–Crippen LogP) is 6.10. The Kier molecular flexibility index (Phi) is 5.00. The molecule has 4 atom stereocenters. The highest BCUT2D eigenvalue weighted by atomic mass is 32.2. The van der Waals surface area contributed by atoms with Crippen LogP contribution in [0.25, 0.3) is 0 Å². The van der Waals surface area contributed by atoms with Gasteiger partial charge in [0.1, 0.15) is 6.10 Å². The van der Waals surface area contributed by atoms with E-state index in [1.807, 2.05) is 24.8 Å². The van der Waals surface area contributed by atoms with Crippen LogP contribution >= 0.6 is 11.8 Å². The van der Waals surface area contributed by atoms with E-state index in [0.717, 1.165) is 6.42 Å². The van der Waals surface area contributed by atoms with Crippen LogP contribution in [0.15, 0.2) is 65.6 Å². The molecule has 2 bridgehead atoms. The van der Waals surface area contributed by atoms with Gasteiger partial charge in [0.15, 0.2) is 0 Å².